The number of hydrogen-bond donors (Lipinski definition) is 2. The quantitative estimate of drug-likeness (QED) is 0.761. The van der Waals surface area contributed by atoms with Gasteiger partial charge in [0.25, 0.3) is 0 Å². The van der Waals surface area contributed by atoms with E-state index in [1.165, 1.54) is 12.3 Å². The molecule has 0 saturated heterocycles. The number of aliphatic carboxylic acids is 1. The van der Waals surface area contributed by atoms with Crippen LogP contribution in [0.3, 0.4) is 0 Å². The molecule has 0 bridgehead atoms. The third-order valence-electron chi connectivity index (χ3n) is 1.19. The van der Waals surface area contributed by atoms with Gasteiger partial charge in [-0.05, 0) is 6.08 Å². The lowest BCUT2D eigenvalue weighted by atomic mass is 10.4. The van der Waals surface area contributed by atoms with Crippen LogP contribution in [-0.4, -0.2) is 30.7 Å². The zero-order chi connectivity index (χ0) is 11.5. The monoisotopic (exact) mass is 248 g/mol. The molecule has 0 aliphatic carbocycles. The Hall–Kier alpha value is -1.41. The molecule has 1 aromatic rings. The second-order valence-electron chi connectivity index (χ2n) is 2.61. The Labute approximate surface area is 90.3 Å². The number of hydrogen-bond acceptors (Lipinski definition) is 5. The minimum atomic E-state index is -3.34. The van der Waals surface area contributed by atoms with Crippen molar-refractivity contribution < 1.29 is 18.3 Å². The van der Waals surface area contributed by atoms with E-state index < -0.39 is 16.0 Å². The van der Waals surface area contributed by atoms with Crippen molar-refractivity contribution in [2.45, 2.75) is 0 Å². The average Bonchev–Trinajstić information content (AvgIpc) is 2.45. The van der Waals surface area contributed by atoms with Gasteiger partial charge < -0.3 is 5.11 Å². The first kappa shape index (κ1) is 11.7. The molecule has 1 rings (SSSR count). The number of rotatable bonds is 4. The van der Waals surface area contributed by atoms with Gasteiger partial charge in [-0.3, -0.25) is 4.72 Å². The van der Waals surface area contributed by atoms with Gasteiger partial charge in [-0.1, -0.05) is 11.3 Å². The lowest BCUT2D eigenvalue weighted by Gasteiger charge is -1.95. The molecule has 0 unspecified atom stereocenters. The van der Waals surface area contributed by atoms with Crippen molar-refractivity contribution in [2.75, 3.05) is 11.0 Å². The second kappa shape index (κ2) is 4.41. The fourth-order valence-corrected chi connectivity index (χ4v) is 2.28. The van der Waals surface area contributed by atoms with Crippen LogP contribution in [0.2, 0.25) is 0 Å². The molecule has 8 heteroatoms. The van der Waals surface area contributed by atoms with E-state index in [2.05, 4.69) is 9.71 Å². The summed E-state index contributed by atoms with van der Waals surface area (Å²) in [7, 11) is -3.34. The Kier molecular flexibility index (Phi) is 3.43. The maximum atomic E-state index is 10.8. The second-order valence-corrected chi connectivity index (χ2v) is 5.42. The molecule has 0 aromatic carbocycles. The molecular formula is C7H8N2O4S2. The lowest BCUT2D eigenvalue weighted by molar-refractivity contribution is -0.131. The summed E-state index contributed by atoms with van der Waals surface area (Å²) in [6, 6.07) is 0. The molecule has 1 heterocycles. The largest absolute Gasteiger partial charge is 0.478 e. The summed E-state index contributed by atoms with van der Waals surface area (Å²) >= 11 is 1.05. The van der Waals surface area contributed by atoms with Gasteiger partial charge in [0.15, 0.2) is 5.13 Å². The molecular weight excluding hydrogens is 240 g/mol. The predicted molar refractivity (Wildman–Crippen MR) is 57.3 cm³/mol. The molecule has 0 aliphatic rings. The number of thiazole rings is 1. The fraction of sp³-hybridized carbons (Fsp3) is 0.143. The third-order valence-corrected chi connectivity index (χ3v) is 2.76. The molecule has 0 atom stereocenters. The van der Waals surface area contributed by atoms with E-state index in [1.807, 2.05) is 0 Å². The Bertz CT molecular complexity index is 489. The highest BCUT2D eigenvalue weighted by molar-refractivity contribution is 7.92. The topological polar surface area (TPSA) is 96.4 Å². The molecule has 15 heavy (non-hydrogen) atoms. The van der Waals surface area contributed by atoms with E-state index >= 15 is 0 Å². The highest BCUT2D eigenvalue weighted by Crippen LogP contribution is 2.19. The Morgan fingerprint density at radius 1 is 1.67 bits per heavy atom. The first-order chi connectivity index (χ1) is 6.87. The number of carboxylic acids is 1. The Morgan fingerprint density at radius 2 is 2.33 bits per heavy atom. The van der Waals surface area contributed by atoms with Gasteiger partial charge in [-0.2, -0.15) is 0 Å². The van der Waals surface area contributed by atoms with Gasteiger partial charge in [0, 0.05) is 17.2 Å². The van der Waals surface area contributed by atoms with Crippen molar-refractivity contribution in [1.82, 2.24) is 4.98 Å². The molecule has 0 aliphatic heterocycles. The van der Waals surface area contributed by atoms with Crippen molar-refractivity contribution in [3.05, 3.63) is 17.2 Å². The van der Waals surface area contributed by atoms with Crippen LogP contribution < -0.4 is 4.72 Å². The lowest BCUT2D eigenvalue weighted by Crippen LogP contribution is -2.08. The van der Waals surface area contributed by atoms with Crippen LogP contribution in [-0.2, 0) is 14.8 Å². The molecule has 2 N–H and O–H groups in total. The smallest absolute Gasteiger partial charge is 0.328 e. The van der Waals surface area contributed by atoms with Crippen LogP contribution in [0, 0.1) is 0 Å². The zero-order valence-electron chi connectivity index (χ0n) is 7.67. The third kappa shape index (κ3) is 4.56. The summed E-state index contributed by atoms with van der Waals surface area (Å²) in [4.78, 5) is 14.5. The number of sulfonamides is 1. The van der Waals surface area contributed by atoms with Crippen molar-refractivity contribution >= 4 is 38.5 Å². The number of carbonyl (C=O) groups is 1. The van der Waals surface area contributed by atoms with Gasteiger partial charge in [0.1, 0.15) is 0 Å². The van der Waals surface area contributed by atoms with Gasteiger partial charge in [-0.25, -0.2) is 18.2 Å². The van der Waals surface area contributed by atoms with Crippen LogP contribution in [0.15, 0.2) is 12.3 Å². The summed E-state index contributed by atoms with van der Waals surface area (Å²) in [5, 5.41) is 8.56. The summed E-state index contributed by atoms with van der Waals surface area (Å²) in [5.41, 5.74) is 0. The molecule has 0 saturated carbocycles. The van der Waals surface area contributed by atoms with E-state index in [-0.39, 0.29) is 5.13 Å². The SMILES string of the molecule is CS(=O)(=O)Nc1ncc(C=CC(=O)O)s1. The van der Waals surface area contributed by atoms with Crippen molar-refractivity contribution in [1.29, 1.82) is 0 Å². The highest BCUT2D eigenvalue weighted by Gasteiger charge is 2.05. The molecule has 0 radical (unpaired) electrons. The van der Waals surface area contributed by atoms with E-state index in [0.29, 0.717) is 4.88 Å². The minimum Gasteiger partial charge on any atom is -0.478 e. The van der Waals surface area contributed by atoms with Gasteiger partial charge in [-0.15, -0.1) is 0 Å². The maximum Gasteiger partial charge on any atom is 0.328 e. The first-order valence-corrected chi connectivity index (χ1v) is 6.42. The zero-order valence-corrected chi connectivity index (χ0v) is 9.30. The van der Waals surface area contributed by atoms with Crippen LogP contribution in [0.25, 0.3) is 6.08 Å². The van der Waals surface area contributed by atoms with Crippen LogP contribution in [0.5, 0.6) is 0 Å². The van der Waals surface area contributed by atoms with Crippen LogP contribution in [0.4, 0.5) is 5.13 Å². The highest BCUT2D eigenvalue weighted by atomic mass is 32.2. The number of anilines is 1. The van der Waals surface area contributed by atoms with Crippen LogP contribution >= 0.6 is 11.3 Å². The number of aromatic nitrogens is 1. The number of nitrogens with one attached hydrogen (secondary N) is 1. The van der Waals surface area contributed by atoms with E-state index in [0.717, 1.165) is 23.7 Å². The first-order valence-electron chi connectivity index (χ1n) is 3.71. The van der Waals surface area contributed by atoms with Crippen molar-refractivity contribution in [3.63, 3.8) is 0 Å². The van der Waals surface area contributed by atoms with E-state index in [4.69, 9.17) is 5.11 Å². The average molecular weight is 248 g/mol. The molecule has 1 aromatic heterocycles. The number of carboxylic acid groups (broad SMARTS) is 1. The van der Waals surface area contributed by atoms with Crippen molar-refractivity contribution in [2.24, 2.45) is 0 Å². The summed E-state index contributed by atoms with van der Waals surface area (Å²) in [5.74, 6) is -1.07. The molecule has 82 valence electrons. The Morgan fingerprint density at radius 3 is 2.87 bits per heavy atom. The van der Waals surface area contributed by atoms with Gasteiger partial charge in [0.2, 0.25) is 10.0 Å². The summed E-state index contributed by atoms with van der Waals surface area (Å²) in [6.45, 7) is 0. The molecule has 0 amide bonds. The predicted octanol–water partition coefficient (Wildman–Crippen LogP) is 0.612. The summed E-state index contributed by atoms with van der Waals surface area (Å²) < 4.78 is 23.8. The normalized spacial score (nSPS) is 11.8. The van der Waals surface area contributed by atoms with Crippen LogP contribution in [0.1, 0.15) is 4.88 Å². The van der Waals surface area contributed by atoms with Gasteiger partial charge >= 0.3 is 5.97 Å². The number of nitrogens with zero attached hydrogens (tertiary/aromatic N) is 1. The molecule has 0 spiro atoms. The Balaban J connectivity index is 2.77. The van der Waals surface area contributed by atoms with E-state index in [1.54, 1.807) is 0 Å². The fourth-order valence-electron chi connectivity index (χ4n) is 0.723. The van der Waals surface area contributed by atoms with Gasteiger partial charge in [0.05, 0.1) is 6.26 Å². The standard InChI is InChI=1S/C7H8N2O4S2/c1-15(12,13)9-7-8-4-5(14-7)2-3-6(10)11/h2-4H,1H3,(H,8,9)(H,10,11). The summed E-state index contributed by atoms with van der Waals surface area (Å²) in [6.07, 6.45) is 4.70. The molecule has 0 fully saturated rings. The maximum absolute atomic E-state index is 10.8. The van der Waals surface area contributed by atoms with Crippen molar-refractivity contribution in [3.8, 4) is 0 Å². The minimum absolute atomic E-state index is 0.211. The molecule has 6 nitrogen and oxygen atoms in total. The van der Waals surface area contributed by atoms with E-state index in [9.17, 15) is 13.2 Å².